The van der Waals surface area contributed by atoms with E-state index in [2.05, 4.69) is 26.3 Å². The Morgan fingerprint density at radius 2 is 1.86 bits per heavy atom. The van der Waals surface area contributed by atoms with Gasteiger partial charge in [-0.05, 0) is 29.2 Å². The minimum Gasteiger partial charge on any atom is -0.368 e. The smallest absolute Gasteiger partial charge is 0.273 e. The van der Waals surface area contributed by atoms with E-state index >= 15 is 0 Å². The molecule has 1 atom stereocenters. The number of amides is 2. The molecule has 1 heterocycles. The first kappa shape index (κ1) is 20.1. The maximum Gasteiger partial charge on any atom is 0.273 e. The zero-order valence-corrected chi connectivity index (χ0v) is 17.7. The van der Waals surface area contributed by atoms with Crippen LogP contribution < -0.4 is 11.1 Å². The van der Waals surface area contributed by atoms with Crippen LogP contribution in [0, 0.1) is 5.41 Å². The summed E-state index contributed by atoms with van der Waals surface area (Å²) in [6.07, 6.45) is 0. The van der Waals surface area contributed by atoms with Crippen molar-refractivity contribution in [3.63, 3.8) is 0 Å². The van der Waals surface area contributed by atoms with Crippen molar-refractivity contribution in [2.45, 2.75) is 33.4 Å². The van der Waals surface area contributed by atoms with Crippen molar-refractivity contribution in [3.05, 3.63) is 64.3 Å². The number of hydrogen-bond donors (Lipinski definition) is 2. The van der Waals surface area contributed by atoms with Gasteiger partial charge in [-0.1, -0.05) is 67.0 Å². The van der Waals surface area contributed by atoms with Crippen LogP contribution in [-0.2, 0) is 11.3 Å². The molecule has 0 bridgehead atoms. The second-order valence-electron chi connectivity index (χ2n) is 7.83. The Labute approximate surface area is 172 Å². The van der Waals surface area contributed by atoms with Crippen molar-refractivity contribution in [1.29, 1.82) is 0 Å². The minimum absolute atomic E-state index is 0.266. The van der Waals surface area contributed by atoms with Crippen LogP contribution in [0.2, 0.25) is 0 Å². The van der Waals surface area contributed by atoms with Gasteiger partial charge in [0.15, 0.2) is 5.69 Å². The Hall–Kier alpha value is -2.67. The molecule has 1 aromatic heterocycles. The molecule has 0 spiro atoms. The SMILES string of the molecule is CC(C)(C)[C@H](NC(=O)c1nn(Cc2ccccc2)c2ccc(Br)cc12)C(N)=O. The Morgan fingerprint density at radius 3 is 2.46 bits per heavy atom. The lowest BCUT2D eigenvalue weighted by Crippen LogP contribution is -2.52. The van der Waals surface area contributed by atoms with E-state index in [1.54, 1.807) is 4.68 Å². The van der Waals surface area contributed by atoms with Crippen LogP contribution in [0.3, 0.4) is 0 Å². The molecule has 0 radical (unpaired) electrons. The van der Waals surface area contributed by atoms with Crippen LogP contribution in [-0.4, -0.2) is 27.6 Å². The van der Waals surface area contributed by atoms with Gasteiger partial charge in [0.05, 0.1) is 12.1 Å². The summed E-state index contributed by atoms with van der Waals surface area (Å²) in [5.74, 6) is -0.997. The first-order valence-electron chi connectivity index (χ1n) is 8.97. The largest absolute Gasteiger partial charge is 0.368 e. The number of fused-ring (bicyclic) bond motifs is 1. The summed E-state index contributed by atoms with van der Waals surface area (Å²) in [7, 11) is 0. The van der Waals surface area contributed by atoms with Gasteiger partial charge in [-0.25, -0.2) is 0 Å². The van der Waals surface area contributed by atoms with Gasteiger partial charge >= 0.3 is 0 Å². The molecular formula is C21H23BrN4O2. The fourth-order valence-electron chi connectivity index (χ4n) is 3.11. The number of nitrogens with one attached hydrogen (secondary N) is 1. The monoisotopic (exact) mass is 442 g/mol. The quantitative estimate of drug-likeness (QED) is 0.633. The highest BCUT2D eigenvalue weighted by molar-refractivity contribution is 9.10. The van der Waals surface area contributed by atoms with Gasteiger partial charge in [-0.15, -0.1) is 0 Å². The van der Waals surface area contributed by atoms with Crippen molar-refractivity contribution >= 4 is 38.6 Å². The van der Waals surface area contributed by atoms with Crippen molar-refractivity contribution in [2.24, 2.45) is 11.1 Å². The molecule has 0 fully saturated rings. The van der Waals surface area contributed by atoms with Crippen LogP contribution in [0.15, 0.2) is 53.0 Å². The molecule has 0 saturated heterocycles. The predicted octanol–water partition coefficient (Wildman–Crippen LogP) is 3.48. The van der Waals surface area contributed by atoms with Crippen molar-refractivity contribution in [3.8, 4) is 0 Å². The lowest BCUT2D eigenvalue weighted by atomic mass is 9.86. The summed E-state index contributed by atoms with van der Waals surface area (Å²) in [6.45, 7) is 6.09. The zero-order valence-electron chi connectivity index (χ0n) is 16.1. The van der Waals surface area contributed by atoms with Gasteiger partial charge in [0.25, 0.3) is 5.91 Å². The standard InChI is InChI=1S/C21H23BrN4O2/c1-21(2,3)18(19(23)27)24-20(28)17-15-11-14(22)9-10-16(15)26(25-17)12-13-7-5-4-6-8-13/h4-11,18H,12H2,1-3H3,(H2,23,27)(H,24,28)/t18-/m1/s1. The summed E-state index contributed by atoms with van der Waals surface area (Å²) >= 11 is 3.45. The molecule has 0 aliphatic rings. The molecule has 3 rings (SSSR count). The second kappa shape index (κ2) is 7.75. The Bertz CT molecular complexity index is 1020. The fraction of sp³-hybridized carbons (Fsp3) is 0.286. The van der Waals surface area contributed by atoms with Crippen LogP contribution in [0.1, 0.15) is 36.8 Å². The highest BCUT2D eigenvalue weighted by Crippen LogP contribution is 2.25. The normalized spacial score (nSPS) is 12.7. The molecule has 28 heavy (non-hydrogen) atoms. The maximum absolute atomic E-state index is 13.0. The van der Waals surface area contributed by atoms with E-state index in [1.807, 2.05) is 69.3 Å². The number of carbonyl (C=O) groups is 2. The van der Waals surface area contributed by atoms with E-state index < -0.39 is 23.3 Å². The van der Waals surface area contributed by atoms with E-state index in [4.69, 9.17) is 5.73 Å². The number of nitrogens with two attached hydrogens (primary N) is 1. The summed E-state index contributed by atoms with van der Waals surface area (Å²) < 4.78 is 2.64. The van der Waals surface area contributed by atoms with Gasteiger partial charge in [0, 0.05) is 9.86 Å². The number of primary amides is 1. The van der Waals surface area contributed by atoms with Gasteiger partial charge in [0.2, 0.25) is 5.91 Å². The van der Waals surface area contributed by atoms with Crippen molar-refractivity contribution in [1.82, 2.24) is 15.1 Å². The van der Waals surface area contributed by atoms with E-state index in [1.165, 1.54) is 0 Å². The number of hydrogen-bond acceptors (Lipinski definition) is 3. The van der Waals surface area contributed by atoms with E-state index in [0.29, 0.717) is 11.9 Å². The molecule has 0 unspecified atom stereocenters. The molecule has 7 heteroatoms. The third-order valence-electron chi connectivity index (χ3n) is 4.53. The highest BCUT2D eigenvalue weighted by Gasteiger charge is 2.32. The fourth-order valence-corrected chi connectivity index (χ4v) is 3.47. The first-order chi connectivity index (χ1) is 13.2. The van der Waals surface area contributed by atoms with E-state index in [-0.39, 0.29) is 5.69 Å². The van der Waals surface area contributed by atoms with Gasteiger partial charge in [-0.3, -0.25) is 14.3 Å². The summed E-state index contributed by atoms with van der Waals surface area (Å²) in [5, 5.41) is 8.02. The van der Waals surface area contributed by atoms with E-state index in [9.17, 15) is 9.59 Å². The van der Waals surface area contributed by atoms with Crippen LogP contribution in [0.5, 0.6) is 0 Å². The van der Waals surface area contributed by atoms with Gasteiger partial charge in [0.1, 0.15) is 6.04 Å². The average molecular weight is 443 g/mol. The topological polar surface area (TPSA) is 90.0 Å². The molecule has 0 aliphatic heterocycles. The number of nitrogens with zero attached hydrogens (tertiary/aromatic N) is 2. The molecule has 2 amide bonds. The highest BCUT2D eigenvalue weighted by atomic mass is 79.9. The van der Waals surface area contributed by atoms with Crippen molar-refractivity contribution in [2.75, 3.05) is 0 Å². The van der Waals surface area contributed by atoms with Crippen molar-refractivity contribution < 1.29 is 9.59 Å². The summed E-state index contributed by atoms with van der Waals surface area (Å²) in [6, 6.07) is 14.8. The molecule has 3 N–H and O–H groups in total. The van der Waals surface area contributed by atoms with Crippen LogP contribution >= 0.6 is 15.9 Å². The van der Waals surface area contributed by atoms with Gasteiger partial charge in [-0.2, -0.15) is 5.10 Å². The lowest BCUT2D eigenvalue weighted by Gasteiger charge is -2.28. The minimum atomic E-state index is -0.804. The van der Waals surface area contributed by atoms with E-state index in [0.717, 1.165) is 15.6 Å². The van der Waals surface area contributed by atoms with Crippen LogP contribution in [0.25, 0.3) is 10.9 Å². The predicted molar refractivity (Wildman–Crippen MR) is 113 cm³/mol. The number of benzene rings is 2. The number of carbonyl (C=O) groups excluding carboxylic acids is 2. The van der Waals surface area contributed by atoms with Gasteiger partial charge < -0.3 is 11.1 Å². The van der Waals surface area contributed by atoms with Crippen LogP contribution in [0.4, 0.5) is 0 Å². The Kier molecular flexibility index (Phi) is 5.56. The second-order valence-corrected chi connectivity index (χ2v) is 8.74. The molecule has 146 valence electrons. The summed E-state index contributed by atoms with van der Waals surface area (Å²) in [4.78, 5) is 24.8. The number of rotatable bonds is 5. The maximum atomic E-state index is 13.0. The molecular weight excluding hydrogens is 420 g/mol. The average Bonchev–Trinajstić information content (AvgIpc) is 2.96. The molecule has 2 aromatic carbocycles. The third kappa shape index (κ3) is 4.25. The Morgan fingerprint density at radius 1 is 1.18 bits per heavy atom. The molecule has 0 saturated carbocycles. The zero-order chi connectivity index (χ0) is 20.5. The third-order valence-corrected chi connectivity index (χ3v) is 5.02. The summed E-state index contributed by atoms with van der Waals surface area (Å²) in [5.41, 5.74) is 7.18. The molecule has 0 aliphatic carbocycles. The molecule has 6 nitrogen and oxygen atoms in total. The first-order valence-corrected chi connectivity index (χ1v) is 9.76. The number of halogens is 1. The lowest BCUT2D eigenvalue weighted by molar-refractivity contribution is -0.122. The Balaban J connectivity index is 2.02. The number of aromatic nitrogens is 2. The molecule has 3 aromatic rings.